The average Bonchev–Trinajstić information content (AvgIpc) is 3.14. The van der Waals surface area contributed by atoms with Gasteiger partial charge in [-0.15, -0.1) is 0 Å². The lowest BCUT2D eigenvalue weighted by molar-refractivity contribution is 0.0957. The van der Waals surface area contributed by atoms with E-state index in [0.29, 0.717) is 17.5 Å². The van der Waals surface area contributed by atoms with Crippen molar-refractivity contribution in [3.05, 3.63) is 71.4 Å². The summed E-state index contributed by atoms with van der Waals surface area (Å²) in [7, 11) is 2.12. The van der Waals surface area contributed by atoms with Crippen molar-refractivity contribution in [3.8, 4) is 0 Å². The molecule has 1 unspecified atom stereocenters. The van der Waals surface area contributed by atoms with Gasteiger partial charge in [0.2, 0.25) is 0 Å². The third-order valence-electron chi connectivity index (χ3n) is 6.32. The van der Waals surface area contributed by atoms with E-state index in [1.54, 1.807) is 24.3 Å². The summed E-state index contributed by atoms with van der Waals surface area (Å²) >= 11 is 0. The molecule has 2 aromatic carbocycles. The standard InChI is InChI=1S/C23H24N4O2/c1-27-13-16(25-23(29)26-22(28)14-6-3-2-4-7-14)11-18-17-8-5-9-19-21(17)15(12-24-19)10-20(18)27/h2-9,12,16,18,20,24H,10-11,13H2,1H3,(H2,25,26,28,29)/t16?,18-,20-/m1/s1. The summed E-state index contributed by atoms with van der Waals surface area (Å²) in [6.07, 6.45) is 4.01. The SMILES string of the molecule is CN1CC(NC(=O)NC(=O)c2ccccc2)C[C@@H]2c3cccc4[nH]cc(c34)C[C@H]21. The maximum absolute atomic E-state index is 12.4. The fourth-order valence-electron chi connectivity index (χ4n) is 5.03. The first kappa shape index (κ1) is 17.9. The Labute approximate surface area is 169 Å². The monoisotopic (exact) mass is 388 g/mol. The Balaban J connectivity index is 1.31. The van der Waals surface area contributed by atoms with Crippen molar-refractivity contribution in [1.82, 2.24) is 20.5 Å². The van der Waals surface area contributed by atoms with E-state index in [-0.39, 0.29) is 11.9 Å². The lowest BCUT2D eigenvalue weighted by atomic mass is 9.74. The van der Waals surface area contributed by atoms with Crippen molar-refractivity contribution < 1.29 is 9.59 Å². The summed E-state index contributed by atoms with van der Waals surface area (Å²) in [6.45, 7) is 0.768. The maximum Gasteiger partial charge on any atom is 0.321 e. The second kappa shape index (κ2) is 7.04. The molecule has 1 aromatic heterocycles. The van der Waals surface area contributed by atoms with Gasteiger partial charge in [-0.2, -0.15) is 0 Å². The van der Waals surface area contributed by atoms with Gasteiger partial charge in [-0.1, -0.05) is 30.3 Å². The lowest BCUT2D eigenvalue weighted by Crippen LogP contribution is -2.56. The molecular formula is C23H24N4O2. The van der Waals surface area contributed by atoms with Crippen LogP contribution in [-0.2, 0) is 6.42 Å². The van der Waals surface area contributed by atoms with Gasteiger partial charge in [-0.25, -0.2) is 4.79 Å². The van der Waals surface area contributed by atoms with Crippen LogP contribution >= 0.6 is 0 Å². The molecule has 3 aromatic rings. The molecule has 3 atom stereocenters. The number of likely N-dealkylation sites (tertiary alicyclic amines) is 1. The molecule has 2 heterocycles. The molecule has 1 saturated heterocycles. The van der Waals surface area contributed by atoms with E-state index in [1.165, 1.54) is 22.0 Å². The minimum atomic E-state index is -0.438. The van der Waals surface area contributed by atoms with Gasteiger partial charge in [0.1, 0.15) is 0 Å². The molecule has 1 fully saturated rings. The number of benzene rings is 2. The van der Waals surface area contributed by atoms with E-state index in [2.05, 4.69) is 52.0 Å². The largest absolute Gasteiger partial charge is 0.361 e. The van der Waals surface area contributed by atoms with Crippen LogP contribution in [0, 0.1) is 0 Å². The number of aromatic amines is 1. The van der Waals surface area contributed by atoms with Crippen LogP contribution in [0.2, 0.25) is 0 Å². The number of hydrogen-bond acceptors (Lipinski definition) is 3. The summed E-state index contributed by atoms with van der Waals surface area (Å²) < 4.78 is 0. The molecule has 3 N–H and O–H groups in total. The molecule has 1 aliphatic heterocycles. The van der Waals surface area contributed by atoms with Crippen molar-refractivity contribution in [2.24, 2.45) is 0 Å². The molecule has 0 saturated carbocycles. The van der Waals surface area contributed by atoms with Crippen LogP contribution in [0.4, 0.5) is 4.79 Å². The van der Waals surface area contributed by atoms with E-state index >= 15 is 0 Å². The molecular weight excluding hydrogens is 364 g/mol. The van der Waals surface area contributed by atoms with E-state index in [4.69, 9.17) is 0 Å². The first-order valence-electron chi connectivity index (χ1n) is 10.1. The predicted molar refractivity (Wildman–Crippen MR) is 112 cm³/mol. The second-order valence-electron chi connectivity index (χ2n) is 8.13. The van der Waals surface area contributed by atoms with Crippen molar-refractivity contribution in [2.75, 3.05) is 13.6 Å². The number of urea groups is 1. The number of imide groups is 1. The average molecular weight is 388 g/mol. The number of H-pyrrole nitrogens is 1. The lowest BCUT2D eigenvalue weighted by Gasteiger charge is -2.45. The molecule has 5 rings (SSSR count). The molecule has 6 nitrogen and oxygen atoms in total. The zero-order chi connectivity index (χ0) is 20.0. The van der Waals surface area contributed by atoms with Gasteiger partial charge >= 0.3 is 6.03 Å². The quantitative estimate of drug-likeness (QED) is 0.632. The van der Waals surface area contributed by atoms with Gasteiger partial charge in [0.15, 0.2) is 0 Å². The van der Waals surface area contributed by atoms with Crippen LogP contribution in [0.5, 0.6) is 0 Å². The van der Waals surface area contributed by atoms with E-state index < -0.39 is 6.03 Å². The molecule has 3 amide bonds. The van der Waals surface area contributed by atoms with Crippen LogP contribution in [0.3, 0.4) is 0 Å². The number of likely N-dealkylation sites (N-methyl/N-ethyl adjacent to an activating group) is 1. The molecule has 1 aliphatic carbocycles. The third kappa shape index (κ3) is 3.19. The normalized spacial score (nSPS) is 23.4. The Hall–Kier alpha value is -3.12. The summed E-state index contributed by atoms with van der Waals surface area (Å²) in [5.41, 5.74) is 4.39. The molecule has 6 heteroatoms. The first-order chi connectivity index (χ1) is 14.1. The summed E-state index contributed by atoms with van der Waals surface area (Å²) in [5.74, 6) is -0.0274. The van der Waals surface area contributed by atoms with E-state index in [1.807, 2.05) is 6.07 Å². The Morgan fingerprint density at radius 1 is 1.10 bits per heavy atom. The number of carbonyl (C=O) groups excluding carboxylic acids is 2. The van der Waals surface area contributed by atoms with E-state index in [9.17, 15) is 9.59 Å². The highest BCUT2D eigenvalue weighted by molar-refractivity contribution is 6.04. The number of piperidine rings is 1. The van der Waals surface area contributed by atoms with Gasteiger partial charge in [0.25, 0.3) is 5.91 Å². The molecule has 0 bridgehead atoms. The number of hydrogen-bond donors (Lipinski definition) is 3. The first-order valence-corrected chi connectivity index (χ1v) is 10.1. The molecule has 2 aliphatic rings. The van der Waals surface area contributed by atoms with Gasteiger partial charge in [-0.3, -0.25) is 10.1 Å². The Morgan fingerprint density at radius 3 is 2.76 bits per heavy atom. The van der Waals surface area contributed by atoms with Crippen LogP contribution in [0.1, 0.15) is 33.8 Å². The topological polar surface area (TPSA) is 77.2 Å². The van der Waals surface area contributed by atoms with Crippen LogP contribution in [-0.4, -0.2) is 47.5 Å². The Morgan fingerprint density at radius 2 is 1.93 bits per heavy atom. The summed E-state index contributed by atoms with van der Waals surface area (Å²) in [5, 5.41) is 6.80. The van der Waals surface area contributed by atoms with Crippen LogP contribution in [0.15, 0.2) is 54.7 Å². The number of nitrogens with zero attached hydrogens (tertiary/aromatic N) is 1. The highest BCUT2D eigenvalue weighted by Crippen LogP contribution is 2.42. The van der Waals surface area contributed by atoms with Crippen molar-refractivity contribution in [1.29, 1.82) is 0 Å². The van der Waals surface area contributed by atoms with Crippen LogP contribution in [0.25, 0.3) is 10.9 Å². The number of rotatable bonds is 2. The zero-order valence-corrected chi connectivity index (χ0v) is 16.3. The van der Waals surface area contributed by atoms with E-state index in [0.717, 1.165) is 19.4 Å². The van der Waals surface area contributed by atoms with Gasteiger partial charge in [0, 0.05) is 47.2 Å². The minimum absolute atomic E-state index is 0.0134. The van der Waals surface area contributed by atoms with Gasteiger partial charge in [0.05, 0.1) is 0 Å². The molecule has 0 spiro atoms. The third-order valence-corrected chi connectivity index (χ3v) is 6.32. The van der Waals surface area contributed by atoms with Gasteiger partial charge < -0.3 is 15.2 Å². The number of aromatic nitrogens is 1. The van der Waals surface area contributed by atoms with Crippen molar-refractivity contribution >= 4 is 22.8 Å². The Kier molecular flexibility index (Phi) is 4.36. The Bertz CT molecular complexity index is 1070. The highest BCUT2D eigenvalue weighted by Gasteiger charge is 2.39. The van der Waals surface area contributed by atoms with Crippen molar-refractivity contribution in [3.63, 3.8) is 0 Å². The molecule has 0 radical (unpaired) electrons. The number of fused-ring (bicyclic) bond motifs is 2. The molecule has 148 valence electrons. The van der Waals surface area contributed by atoms with Crippen molar-refractivity contribution in [2.45, 2.75) is 30.8 Å². The fraction of sp³-hybridized carbons (Fsp3) is 0.304. The number of amides is 3. The molecule has 29 heavy (non-hydrogen) atoms. The van der Waals surface area contributed by atoms with Crippen LogP contribution < -0.4 is 10.6 Å². The summed E-state index contributed by atoms with van der Waals surface area (Å²) in [6, 6.07) is 15.2. The van der Waals surface area contributed by atoms with Gasteiger partial charge in [-0.05, 0) is 49.2 Å². The predicted octanol–water partition coefficient (Wildman–Crippen LogP) is 3.02. The maximum atomic E-state index is 12.4. The minimum Gasteiger partial charge on any atom is -0.361 e. The fourth-order valence-corrected chi connectivity index (χ4v) is 5.03. The number of carbonyl (C=O) groups is 2. The highest BCUT2D eigenvalue weighted by atomic mass is 16.2. The number of nitrogens with one attached hydrogen (secondary N) is 3. The second-order valence-corrected chi connectivity index (χ2v) is 8.13. The smallest absolute Gasteiger partial charge is 0.321 e. The zero-order valence-electron chi connectivity index (χ0n) is 16.3. The summed E-state index contributed by atoms with van der Waals surface area (Å²) in [4.78, 5) is 30.4.